The predicted molar refractivity (Wildman–Crippen MR) is 51.9 cm³/mol. The molecular formula is C10H15NO3. The summed E-state index contributed by atoms with van der Waals surface area (Å²) in [6.45, 7) is 3.75. The lowest BCUT2D eigenvalue weighted by Gasteiger charge is -2.10. The fourth-order valence-electron chi connectivity index (χ4n) is 1.52. The van der Waals surface area contributed by atoms with Crippen molar-refractivity contribution in [3.05, 3.63) is 23.0 Å². The van der Waals surface area contributed by atoms with Gasteiger partial charge in [-0.25, -0.2) is 0 Å². The fraction of sp³-hybridized carbons (Fsp3) is 0.500. The smallest absolute Gasteiger partial charge is 0.308 e. The second-order valence-corrected chi connectivity index (χ2v) is 3.31. The number of hydrogen-bond acceptors (Lipinski definition) is 3. The Balaban J connectivity index is 2.78. The van der Waals surface area contributed by atoms with Crippen molar-refractivity contribution in [3.63, 3.8) is 0 Å². The van der Waals surface area contributed by atoms with Crippen LogP contribution in [0.5, 0.6) is 0 Å². The quantitative estimate of drug-likeness (QED) is 0.716. The first kappa shape index (κ1) is 10.8. The molecule has 0 aromatic carbocycles. The van der Waals surface area contributed by atoms with Gasteiger partial charge in [0.1, 0.15) is 0 Å². The second kappa shape index (κ2) is 4.28. The first-order valence-corrected chi connectivity index (χ1v) is 4.45. The van der Waals surface area contributed by atoms with Gasteiger partial charge in [-0.15, -0.1) is 0 Å². The van der Waals surface area contributed by atoms with Crippen LogP contribution in [0.25, 0.3) is 0 Å². The number of aryl methyl sites for hydroxylation is 2. The van der Waals surface area contributed by atoms with E-state index < -0.39 is 12.1 Å². The number of hydrogen-bond donors (Lipinski definition) is 2. The van der Waals surface area contributed by atoms with Gasteiger partial charge in [0.15, 0.2) is 0 Å². The molecule has 14 heavy (non-hydrogen) atoms. The van der Waals surface area contributed by atoms with Crippen LogP contribution in [0.2, 0.25) is 0 Å². The number of esters is 1. The number of H-pyrrole nitrogens is 1. The molecule has 0 bridgehead atoms. The average molecular weight is 197 g/mol. The van der Waals surface area contributed by atoms with Gasteiger partial charge in [0.05, 0.1) is 19.6 Å². The summed E-state index contributed by atoms with van der Waals surface area (Å²) >= 11 is 0. The molecule has 4 nitrogen and oxygen atoms in total. The number of methoxy groups -OCH3 is 1. The zero-order chi connectivity index (χ0) is 10.7. The first-order chi connectivity index (χ1) is 6.56. The van der Waals surface area contributed by atoms with Crippen LogP contribution in [-0.2, 0) is 9.53 Å². The topological polar surface area (TPSA) is 62.3 Å². The van der Waals surface area contributed by atoms with E-state index in [-0.39, 0.29) is 6.42 Å². The molecule has 1 atom stereocenters. The molecule has 1 heterocycles. The van der Waals surface area contributed by atoms with Crippen molar-refractivity contribution >= 4 is 5.97 Å². The summed E-state index contributed by atoms with van der Waals surface area (Å²) in [4.78, 5) is 13.9. The second-order valence-electron chi connectivity index (χ2n) is 3.31. The van der Waals surface area contributed by atoms with Gasteiger partial charge >= 0.3 is 5.97 Å². The Kier molecular flexibility index (Phi) is 3.30. The zero-order valence-corrected chi connectivity index (χ0v) is 8.63. The minimum atomic E-state index is -0.784. The Labute approximate surface area is 82.9 Å². The molecular weight excluding hydrogens is 182 g/mol. The van der Waals surface area contributed by atoms with E-state index in [9.17, 15) is 9.90 Å². The summed E-state index contributed by atoms with van der Waals surface area (Å²) in [6.07, 6.45) is 1.02. The Hall–Kier alpha value is -1.29. The van der Waals surface area contributed by atoms with Crippen LogP contribution >= 0.6 is 0 Å². The van der Waals surface area contributed by atoms with Gasteiger partial charge in [0.2, 0.25) is 0 Å². The lowest BCUT2D eigenvalue weighted by Crippen LogP contribution is -2.09. The number of rotatable bonds is 3. The van der Waals surface area contributed by atoms with Gasteiger partial charge in [-0.05, 0) is 19.4 Å². The van der Waals surface area contributed by atoms with Crippen molar-refractivity contribution in [3.8, 4) is 0 Å². The highest BCUT2D eigenvalue weighted by molar-refractivity contribution is 5.70. The number of aliphatic hydroxyl groups excluding tert-OH is 1. The average Bonchev–Trinajstić information content (AvgIpc) is 2.46. The molecule has 1 rings (SSSR count). The fourth-order valence-corrected chi connectivity index (χ4v) is 1.52. The summed E-state index contributed by atoms with van der Waals surface area (Å²) in [6, 6.07) is 0. The minimum absolute atomic E-state index is 0.00394. The van der Waals surface area contributed by atoms with Crippen molar-refractivity contribution in [2.75, 3.05) is 7.11 Å². The van der Waals surface area contributed by atoms with Crippen molar-refractivity contribution in [1.82, 2.24) is 4.98 Å². The molecule has 1 aromatic heterocycles. The summed E-state index contributed by atoms with van der Waals surface area (Å²) in [5.41, 5.74) is 2.63. The van der Waals surface area contributed by atoms with E-state index in [1.165, 1.54) is 7.11 Å². The number of aromatic amines is 1. The van der Waals surface area contributed by atoms with Crippen LogP contribution in [0.4, 0.5) is 0 Å². The van der Waals surface area contributed by atoms with E-state index in [1.54, 1.807) is 0 Å². The molecule has 0 fully saturated rings. The third-order valence-corrected chi connectivity index (χ3v) is 2.25. The standard InChI is InChI=1S/C10H15NO3/c1-6-5-11-7(2)10(6)8(12)4-9(13)14-3/h5,8,11-12H,4H2,1-3H3. The van der Waals surface area contributed by atoms with Gasteiger partial charge in [-0.3, -0.25) is 4.79 Å². The molecule has 2 N–H and O–H groups in total. The van der Waals surface area contributed by atoms with E-state index >= 15 is 0 Å². The predicted octanol–water partition coefficient (Wildman–Crippen LogP) is 1.23. The summed E-state index contributed by atoms with van der Waals surface area (Å²) in [5, 5.41) is 9.75. The monoisotopic (exact) mass is 197 g/mol. The zero-order valence-electron chi connectivity index (χ0n) is 8.63. The highest BCUT2D eigenvalue weighted by atomic mass is 16.5. The molecule has 0 aliphatic rings. The Morgan fingerprint density at radius 2 is 2.29 bits per heavy atom. The first-order valence-electron chi connectivity index (χ1n) is 4.45. The number of ether oxygens (including phenoxy) is 1. The third kappa shape index (κ3) is 2.14. The Bertz CT molecular complexity index is 311. The van der Waals surface area contributed by atoms with Crippen LogP contribution in [-0.4, -0.2) is 23.2 Å². The molecule has 0 aliphatic heterocycles. The highest BCUT2D eigenvalue weighted by Crippen LogP contribution is 2.23. The molecule has 78 valence electrons. The molecule has 0 saturated heterocycles. The summed E-state index contributed by atoms with van der Waals surface area (Å²) in [7, 11) is 1.31. The number of carbonyl (C=O) groups excluding carboxylic acids is 1. The van der Waals surface area contributed by atoms with Crippen LogP contribution < -0.4 is 0 Å². The maximum absolute atomic E-state index is 10.9. The minimum Gasteiger partial charge on any atom is -0.469 e. The van der Waals surface area contributed by atoms with E-state index in [0.29, 0.717) is 0 Å². The van der Waals surface area contributed by atoms with Crippen molar-refractivity contribution in [2.45, 2.75) is 26.4 Å². The van der Waals surface area contributed by atoms with E-state index in [0.717, 1.165) is 16.8 Å². The number of nitrogens with one attached hydrogen (secondary N) is 1. The molecule has 1 aromatic rings. The van der Waals surface area contributed by atoms with E-state index in [1.807, 2.05) is 20.0 Å². The normalized spacial score (nSPS) is 12.6. The summed E-state index contributed by atoms with van der Waals surface area (Å²) < 4.78 is 4.49. The molecule has 0 amide bonds. The lowest BCUT2D eigenvalue weighted by atomic mass is 10.0. The molecule has 0 radical (unpaired) electrons. The van der Waals surface area contributed by atoms with Gasteiger partial charge < -0.3 is 14.8 Å². The molecule has 0 aliphatic carbocycles. The summed E-state index contributed by atoms with van der Waals surface area (Å²) in [5.74, 6) is -0.405. The van der Waals surface area contributed by atoms with Crippen LogP contribution in [0, 0.1) is 13.8 Å². The van der Waals surface area contributed by atoms with Gasteiger partial charge in [0, 0.05) is 17.5 Å². The van der Waals surface area contributed by atoms with Crippen molar-refractivity contribution in [2.24, 2.45) is 0 Å². The van der Waals surface area contributed by atoms with Crippen LogP contribution in [0.15, 0.2) is 6.20 Å². The van der Waals surface area contributed by atoms with Crippen molar-refractivity contribution < 1.29 is 14.6 Å². The molecule has 1 unspecified atom stereocenters. The van der Waals surface area contributed by atoms with Gasteiger partial charge in [-0.2, -0.15) is 0 Å². The van der Waals surface area contributed by atoms with Crippen LogP contribution in [0.1, 0.15) is 29.3 Å². The SMILES string of the molecule is COC(=O)CC(O)c1c(C)c[nH]c1C. The van der Waals surface area contributed by atoms with Gasteiger partial charge in [0.25, 0.3) is 0 Å². The van der Waals surface area contributed by atoms with E-state index in [4.69, 9.17) is 0 Å². The van der Waals surface area contributed by atoms with Gasteiger partial charge in [-0.1, -0.05) is 0 Å². The Morgan fingerprint density at radius 3 is 2.71 bits per heavy atom. The highest BCUT2D eigenvalue weighted by Gasteiger charge is 2.18. The maximum Gasteiger partial charge on any atom is 0.308 e. The molecule has 4 heteroatoms. The van der Waals surface area contributed by atoms with Crippen LogP contribution in [0.3, 0.4) is 0 Å². The largest absolute Gasteiger partial charge is 0.469 e. The number of aromatic nitrogens is 1. The Morgan fingerprint density at radius 1 is 1.64 bits per heavy atom. The lowest BCUT2D eigenvalue weighted by molar-refractivity contribution is -0.142. The molecule has 0 spiro atoms. The third-order valence-electron chi connectivity index (χ3n) is 2.25. The number of aliphatic hydroxyl groups is 1. The number of carbonyl (C=O) groups is 1. The van der Waals surface area contributed by atoms with E-state index in [2.05, 4.69) is 9.72 Å². The van der Waals surface area contributed by atoms with Crippen molar-refractivity contribution in [1.29, 1.82) is 0 Å². The maximum atomic E-state index is 10.9. The molecule has 0 saturated carbocycles.